The second kappa shape index (κ2) is 6.66. The van der Waals surface area contributed by atoms with Gasteiger partial charge in [0, 0.05) is 6.20 Å². The zero-order valence-corrected chi connectivity index (χ0v) is 17.0. The molecule has 2 aromatic carbocycles. The van der Waals surface area contributed by atoms with Crippen molar-refractivity contribution in [3.63, 3.8) is 0 Å². The minimum absolute atomic E-state index is 0.0907. The topological polar surface area (TPSA) is 63.4 Å². The molecule has 0 radical (unpaired) electrons. The molecule has 1 unspecified atom stereocenters. The number of amides is 1. The number of hydrogen-bond acceptors (Lipinski definition) is 4. The lowest BCUT2D eigenvalue weighted by molar-refractivity contribution is 0.0970. The van der Waals surface area contributed by atoms with Gasteiger partial charge in [-0.1, -0.05) is 30.3 Å². The summed E-state index contributed by atoms with van der Waals surface area (Å²) in [5, 5.41) is 0.490. The maximum absolute atomic E-state index is 13.6. The van der Waals surface area contributed by atoms with E-state index in [4.69, 9.17) is 4.42 Å². The van der Waals surface area contributed by atoms with Crippen LogP contribution >= 0.6 is 0 Å². The van der Waals surface area contributed by atoms with Crippen LogP contribution in [-0.2, 0) is 0 Å². The van der Waals surface area contributed by atoms with Gasteiger partial charge in [0.2, 0.25) is 5.76 Å². The molecule has 5 heteroatoms. The molecule has 1 aliphatic rings. The first-order valence-corrected chi connectivity index (χ1v) is 9.85. The van der Waals surface area contributed by atoms with E-state index in [-0.39, 0.29) is 17.1 Å². The van der Waals surface area contributed by atoms with Crippen LogP contribution < -0.4 is 10.3 Å². The molecule has 1 amide bonds. The lowest BCUT2D eigenvalue weighted by Crippen LogP contribution is -2.30. The Kier molecular flexibility index (Phi) is 4.07. The highest BCUT2D eigenvalue weighted by Gasteiger charge is 2.44. The lowest BCUT2D eigenvalue weighted by atomic mass is 9.97. The van der Waals surface area contributed by atoms with Crippen molar-refractivity contribution < 1.29 is 9.21 Å². The van der Waals surface area contributed by atoms with Crippen LogP contribution in [0, 0.1) is 20.8 Å². The van der Waals surface area contributed by atoms with Gasteiger partial charge in [0.15, 0.2) is 5.43 Å². The number of rotatable bonds is 2. The van der Waals surface area contributed by atoms with Gasteiger partial charge in [-0.15, -0.1) is 0 Å². The van der Waals surface area contributed by atoms with E-state index in [1.54, 1.807) is 11.1 Å². The molecular formula is C25H20N2O3. The highest BCUT2D eigenvalue weighted by Crippen LogP contribution is 2.40. The minimum Gasteiger partial charge on any atom is -0.450 e. The molecular weight excluding hydrogens is 376 g/mol. The summed E-state index contributed by atoms with van der Waals surface area (Å²) in [5.41, 5.74) is 4.45. The Bertz CT molecular complexity index is 1370. The van der Waals surface area contributed by atoms with Gasteiger partial charge in [-0.25, -0.2) is 4.98 Å². The third-order valence-electron chi connectivity index (χ3n) is 5.75. The van der Waals surface area contributed by atoms with Crippen molar-refractivity contribution in [1.82, 2.24) is 4.98 Å². The average molecular weight is 396 g/mol. The molecule has 0 aliphatic carbocycles. The van der Waals surface area contributed by atoms with Crippen LogP contribution in [0.15, 0.2) is 70.0 Å². The van der Waals surface area contributed by atoms with Crippen LogP contribution in [0.4, 0.5) is 5.82 Å². The first-order chi connectivity index (χ1) is 14.5. The molecule has 0 saturated heterocycles. The van der Waals surface area contributed by atoms with Crippen LogP contribution in [0.3, 0.4) is 0 Å². The molecule has 5 nitrogen and oxygen atoms in total. The van der Waals surface area contributed by atoms with Crippen molar-refractivity contribution in [2.24, 2.45) is 0 Å². The molecule has 2 aromatic heterocycles. The quantitative estimate of drug-likeness (QED) is 0.485. The molecule has 0 N–H and O–H groups in total. The van der Waals surface area contributed by atoms with Gasteiger partial charge < -0.3 is 4.42 Å². The molecule has 3 heterocycles. The van der Waals surface area contributed by atoms with E-state index >= 15 is 0 Å². The zero-order chi connectivity index (χ0) is 21.0. The molecule has 5 rings (SSSR count). The summed E-state index contributed by atoms with van der Waals surface area (Å²) in [6, 6.07) is 16.3. The van der Waals surface area contributed by atoms with Crippen LogP contribution in [0.2, 0.25) is 0 Å². The number of carbonyl (C=O) groups excluding carboxylic acids is 1. The predicted octanol–water partition coefficient (Wildman–Crippen LogP) is 4.86. The number of anilines is 1. The summed E-state index contributed by atoms with van der Waals surface area (Å²) in [6.07, 6.45) is 1.67. The lowest BCUT2D eigenvalue weighted by Gasteiger charge is -2.24. The first kappa shape index (κ1) is 18.3. The van der Waals surface area contributed by atoms with E-state index < -0.39 is 6.04 Å². The Labute approximate surface area is 173 Å². The van der Waals surface area contributed by atoms with E-state index in [0.717, 1.165) is 22.3 Å². The molecule has 1 aliphatic heterocycles. The SMILES string of the molecule is Cc1ccnc(N2C(=O)c3oc4cc(C)c(C)cc4c(=O)c3C2c2ccccc2)c1. The predicted molar refractivity (Wildman–Crippen MR) is 116 cm³/mol. The van der Waals surface area contributed by atoms with Crippen LogP contribution in [-0.4, -0.2) is 10.9 Å². The Morgan fingerprint density at radius 1 is 0.933 bits per heavy atom. The molecule has 0 spiro atoms. The smallest absolute Gasteiger partial charge is 0.296 e. The maximum atomic E-state index is 13.6. The van der Waals surface area contributed by atoms with E-state index in [2.05, 4.69) is 4.98 Å². The Hall–Kier alpha value is -3.73. The van der Waals surface area contributed by atoms with Crippen molar-refractivity contribution >= 4 is 22.7 Å². The molecule has 30 heavy (non-hydrogen) atoms. The Morgan fingerprint density at radius 3 is 2.40 bits per heavy atom. The van der Waals surface area contributed by atoms with Gasteiger partial charge >= 0.3 is 0 Å². The fraction of sp³-hybridized carbons (Fsp3) is 0.160. The van der Waals surface area contributed by atoms with Crippen molar-refractivity contribution in [1.29, 1.82) is 0 Å². The zero-order valence-electron chi connectivity index (χ0n) is 17.0. The van der Waals surface area contributed by atoms with Crippen LogP contribution in [0.5, 0.6) is 0 Å². The third-order valence-corrected chi connectivity index (χ3v) is 5.75. The summed E-state index contributed by atoms with van der Waals surface area (Å²) >= 11 is 0. The van der Waals surface area contributed by atoms with E-state index in [9.17, 15) is 9.59 Å². The second-order valence-electron chi connectivity index (χ2n) is 7.79. The largest absolute Gasteiger partial charge is 0.450 e. The van der Waals surface area contributed by atoms with Crippen molar-refractivity contribution in [3.8, 4) is 0 Å². The molecule has 0 saturated carbocycles. The minimum atomic E-state index is -0.592. The molecule has 1 atom stereocenters. The number of nitrogens with zero attached hydrogens (tertiary/aromatic N) is 2. The normalized spacial score (nSPS) is 15.6. The number of carbonyl (C=O) groups is 1. The van der Waals surface area contributed by atoms with E-state index in [0.29, 0.717) is 22.4 Å². The number of aromatic nitrogens is 1. The Balaban J connectivity index is 1.84. The van der Waals surface area contributed by atoms with Crippen molar-refractivity contribution in [2.75, 3.05) is 4.90 Å². The summed E-state index contributed by atoms with van der Waals surface area (Å²) in [6.45, 7) is 5.86. The van der Waals surface area contributed by atoms with Crippen molar-refractivity contribution in [3.05, 3.63) is 105 Å². The first-order valence-electron chi connectivity index (χ1n) is 9.85. The average Bonchev–Trinajstić information content (AvgIpc) is 3.03. The van der Waals surface area contributed by atoms with Gasteiger partial charge in [0.1, 0.15) is 11.4 Å². The fourth-order valence-corrected chi connectivity index (χ4v) is 4.07. The number of aryl methyl sites for hydroxylation is 3. The number of benzene rings is 2. The maximum Gasteiger partial charge on any atom is 0.296 e. The van der Waals surface area contributed by atoms with Gasteiger partial charge in [-0.05, 0) is 67.3 Å². The number of pyridine rings is 1. The summed E-state index contributed by atoms with van der Waals surface area (Å²) in [5.74, 6) is 0.234. The van der Waals surface area contributed by atoms with Gasteiger partial charge in [-0.2, -0.15) is 0 Å². The highest BCUT2D eigenvalue weighted by atomic mass is 16.3. The van der Waals surface area contributed by atoms with Crippen LogP contribution in [0.25, 0.3) is 11.0 Å². The molecule has 4 aromatic rings. The standard InChI is InChI=1S/C25H20N2O3/c1-14-9-10-26-20(11-14)27-22(17-7-5-4-6-8-17)21-23(28)18-12-15(2)16(3)13-19(18)30-24(21)25(27)29/h4-13,22H,1-3H3. The monoisotopic (exact) mass is 396 g/mol. The second-order valence-corrected chi connectivity index (χ2v) is 7.79. The van der Waals surface area contributed by atoms with Gasteiger partial charge in [0.25, 0.3) is 5.91 Å². The van der Waals surface area contributed by atoms with Gasteiger partial charge in [0.05, 0.1) is 17.0 Å². The molecule has 0 fully saturated rings. The van der Waals surface area contributed by atoms with E-state index in [1.807, 2.05) is 75.4 Å². The summed E-state index contributed by atoms with van der Waals surface area (Å²) < 4.78 is 6.05. The molecule has 0 bridgehead atoms. The van der Waals surface area contributed by atoms with Crippen LogP contribution in [0.1, 0.15) is 44.4 Å². The third kappa shape index (κ3) is 2.66. The fourth-order valence-electron chi connectivity index (χ4n) is 4.07. The number of hydrogen-bond donors (Lipinski definition) is 0. The summed E-state index contributed by atoms with van der Waals surface area (Å²) in [7, 11) is 0. The highest BCUT2D eigenvalue weighted by molar-refractivity contribution is 6.10. The molecule has 148 valence electrons. The summed E-state index contributed by atoms with van der Waals surface area (Å²) in [4.78, 5) is 33.1. The van der Waals surface area contributed by atoms with Gasteiger partial charge in [-0.3, -0.25) is 14.5 Å². The number of fused-ring (bicyclic) bond motifs is 2. The van der Waals surface area contributed by atoms with Crippen molar-refractivity contribution in [2.45, 2.75) is 26.8 Å². The van der Waals surface area contributed by atoms with E-state index in [1.165, 1.54) is 0 Å². The Morgan fingerprint density at radius 2 is 1.67 bits per heavy atom.